The van der Waals surface area contributed by atoms with Crippen molar-refractivity contribution in [3.63, 3.8) is 0 Å². The first-order chi connectivity index (χ1) is 6.65. The number of halogens is 1. The van der Waals surface area contributed by atoms with Gasteiger partial charge in [-0.2, -0.15) is 0 Å². The summed E-state index contributed by atoms with van der Waals surface area (Å²) in [6.07, 6.45) is 0. The molecule has 0 aromatic heterocycles. The first-order valence-corrected chi connectivity index (χ1v) is 4.87. The Hall–Kier alpha value is -1.02. The Morgan fingerprint density at radius 3 is 2.36 bits per heavy atom. The van der Waals surface area contributed by atoms with Crippen LogP contribution in [0, 0.1) is 6.92 Å². The molecule has 1 aromatic carbocycles. The van der Waals surface area contributed by atoms with Crippen LogP contribution in [-0.4, -0.2) is 13.1 Å². The van der Waals surface area contributed by atoms with Crippen molar-refractivity contribution in [1.29, 1.82) is 0 Å². The van der Waals surface area contributed by atoms with E-state index in [1.807, 2.05) is 20.8 Å². The van der Waals surface area contributed by atoms with Crippen LogP contribution in [0.3, 0.4) is 0 Å². The highest BCUT2D eigenvalue weighted by molar-refractivity contribution is 6.30. The summed E-state index contributed by atoms with van der Waals surface area (Å²) in [4.78, 5) is 11.1. The van der Waals surface area contributed by atoms with E-state index >= 15 is 0 Å². The highest BCUT2D eigenvalue weighted by Gasteiger charge is 2.07. The smallest absolute Gasteiger partial charge is 0.338 e. The number of carbonyl (C=O) groups is 1. The third-order valence-corrected chi connectivity index (χ3v) is 1.83. The average molecular weight is 215 g/mol. The highest BCUT2D eigenvalue weighted by Crippen LogP contribution is 2.15. The van der Waals surface area contributed by atoms with Gasteiger partial charge in [0.25, 0.3) is 0 Å². The normalized spacial score (nSPS) is 8.64. The summed E-state index contributed by atoms with van der Waals surface area (Å²) in [5, 5.41) is 0.625. The van der Waals surface area contributed by atoms with Gasteiger partial charge in [0.05, 0.1) is 12.7 Å². The standard InChI is InChI=1S/C9H9ClO2.C2H6/c1-6-5-7(10)3-4-8(6)9(11)12-2;1-2/h3-5H,1-2H3;1-2H3. The van der Waals surface area contributed by atoms with Crippen LogP contribution in [0.2, 0.25) is 5.02 Å². The van der Waals surface area contributed by atoms with E-state index < -0.39 is 0 Å². The Kier molecular flexibility index (Phi) is 5.97. The fraction of sp³-hybridized carbons (Fsp3) is 0.364. The van der Waals surface area contributed by atoms with Gasteiger partial charge in [0.15, 0.2) is 0 Å². The zero-order chi connectivity index (χ0) is 11.1. The van der Waals surface area contributed by atoms with Gasteiger partial charge in [-0.25, -0.2) is 4.79 Å². The Morgan fingerprint density at radius 2 is 1.93 bits per heavy atom. The van der Waals surface area contributed by atoms with Gasteiger partial charge >= 0.3 is 5.97 Å². The molecule has 78 valence electrons. The summed E-state index contributed by atoms with van der Waals surface area (Å²) in [7, 11) is 1.36. The molecule has 0 radical (unpaired) electrons. The van der Waals surface area contributed by atoms with Crippen molar-refractivity contribution in [2.45, 2.75) is 20.8 Å². The summed E-state index contributed by atoms with van der Waals surface area (Å²) in [5.74, 6) is -0.329. The summed E-state index contributed by atoms with van der Waals surface area (Å²) in [5.41, 5.74) is 1.39. The largest absolute Gasteiger partial charge is 0.465 e. The second kappa shape index (κ2) is 6.44. The Bertz CT molecular complexity index is 308. The van der Waals surface area contributed by atoms with Crippen molar-refractivity contribution in [2.24, 2.45) is 0 Å². The van der Waals surface area contributed by atoms with Gasteiger partial charge < -0.3 is 4.74 Å². The predicted molar refractivity (Wildman–Crippen MR) is 58.9 cm³/mol. The number of aryl methyl sites for hydroxylation is 1. The lowest BCUT2D eigenvalue weighted by molar-refractivity contribution is 0.0600. The minimum Gasteiger partial charge on any atom is -0.465 e. The molecule has 0 spiro atoms. The van der Waals surface area contributed by atoms with E-state index in [1.165, 1.54) is 7.11 Å². The van der Waals surface area contributed by atoms with Crippen molar-refractivity contribution >= 4 is 17.6 Å². The number of benzene rings is 1. The maximum Gasteiger partial charge on any atom is 0.338 e. The first kappa shape index (κ1) is 13.0. The second-order valence-electron chi connectivity index (χ2n) is 2.45. The summed E-state index contributed by atoms with van der Waals surface area (Å²) < 4.78 is 4.57. The molecule has 1 rings (SSSR count). The minimum absolute atomic E-state index is 0.329. The van der Waals surface area contributed by atoms with Gasteiger partial charge in [0.2, 0.25) is 0 Å². The van der Waals surface area contributed by atoms with Crippen LogP contribution in [0.4, 0.5) is 0 Å². The molecule has 0 fully saturated rings. The SMILES string of the molecule is CC.COC(=O)c1ccc(Cl)cc1C. The Balaban J connectivity index is 0.000000791. The number of carbonyl (C=O) groups excluding carboxylic acids is 1. The average Bonchev–Trinajstić information content (AvgIpc) is 2.20. The number of methoxy groups -OCH3 is 1. The molecule has 0 heterocycles. The molecule has 0 amide bonds. The second-order valence-corrected chi connectivity index (χ2v) is 2.89. The van der Waals surface area contributed by atoms with Gasteiger partial charge in [-0.15, -0.1) is 0 Å². The molecule has 0 saturated heterocycles. The zero-order valence-electron chi connectivity index (χ0n) is 8.93. The monoisotopic (exact) mass is 214 g/mol. The van der Waals surface area contributed by atoms with Crippen LogP contribution in [0.15, 0.2) is 18.2 Å². The quantitative estimate of drug-likeness (QED) is 0.670. The number of hydrogen-bond donors (Lipinski definition) is 0. The molecule has 14 heavy (non-hydrogen) atoms. The number of ether oxygens (including phenoxy) is 1. The van der Waals surface area contributed by atoms with Crippen LogP contribution in [0.25, 0.3) is 0 Å². The van der Waals surface area contributed by atoms with E-state index in [4.69, 9.17) is 11.6 Å². The lowest BCUT2D eigenvalue weighted by Crippen LogP contribution is -2.03. The van der Waals surface area contributed by atoms with Gasteiger partial charge in [-0.05, 0) is 30.7 Å². The third kappa shape index (κ3) is 3.38. The molecule has 0 atom stereocenters. The maximum absolute atomic E-state index is 11.1. The van der Waals surface area contributed by atoms with Crippen molar-refractivity contribution in [1.82, 2.24) is 0 Å². The summed E-state index contributed by atoms with van der Waals surface area (Å²) >= 11 is 5.71. The van der Waals surface area contributed by atoms with Crippen LogP contribution in [0.5, 0.6) is 0 Å². The van der Waals surface area contributed by atoms with E-state index in [-0.39, 0.29) is 5.97 Å². The number of rotatable bonds is 1. The molecule has 3 heteroatoms. The highest BCUT2D eigenvalue weighted by atomic mass is 35.5. The number of hydrogen-bond acceptors (Lipinski definition) is 2. The van der Waals surface area contributed by atoms with E-state index in [0.717, 1.165) is 5.56 Å². The van der Waals surface area contributed by atoms with Crippen LogP contribution in [-0.2, 0) is 4.74 Å². The van der Waals surface area contributed by atoms with Crippen LogP contribution >= 0.6 is 11.6 Å². The molecular formula is C11H15ClO2. The fourth-order valence-electron chi connectivity index (χ4n) is 0.966. The molecule has 1 aromatic rings. The predicted octanol–water partition coefficient (Wildman–Crippen LogP) is 3.46. The van der Waals surface area contributed by atoms with Gasteiger partial charge in [0.1, 0.15) is 0 Å². The Labute approximate surface area is 89.8 Å². The molecule has 0 unspecified atom stereocenters. The molecule has 0 aliphatic carbocycles. The summed E-state index contributed by atoms with van der Waals surface area (Å²) in [6, 6.07) is 5.05. The molecule has 0 aliphatic heterocycles. The van der Waals surface area contributed by atoms with E-state index in [1.54, 1.807) is 18.2 Å². The van der Waals surface area contributed by atoms with Crippen LogP contribution < -0.4 is 0 Å². The van der Waals surface area contributed by atoms with Gasteiger partial charge in [0, 0.05) is 5.02 Å². The topological polar surface area (TPSA) is 26.3 Å². The van der Waals surface area contributed by atoms with Crippen molar-refractivity contribution in [2.75, 3.05) is 7.11 Å². The molecule has 0 N–H and O–H groups in total. The van der Waals surface area contributed by atoms with Crippen molar-refractivity contribution in [3.8, 4) is 0 Å². The Morgan fingerprint density at radius 1 is 1.36 bits per heavy atom. The first-order valence-electron chi connectivity index (χ1n) is 4.49. The minimum atomic E-state index is -0.329. The van der Waals surface area contributed by atoms with Gasteiger partial charge in [-0.1, -0.05) is 25.4 Å². The van der Waals surface area contributed by atoms with Crippen molar-refractivity contribution < 1.29 is 9.53 Å². The molecule has 0 bridgehead atoms. The fourth-order valence-corrected chi connectivity index (χ4v) is 1.19. The lowest BCUT2D eigenvalue weighted by Gasteiger charge is -2.02. The zero-order valence-corrected chi connectivity index (χ0v) is 9.68. The third-order valence-electron chi connectivity index (χ3n) is 1.59. The molecule has 0 aliphatic rings. The summed E-state index contributed by atoms with van der Waals surface area (Å²) in [6.45, 7) is 5.82. The molecule has 0 saturated carbocycles. The van der Waals surface area contributed by atoms with Crippen molar-refractivity contribution in [3.05, 3.63) is 34.3 Å². The van der Waals surface area contributed by atoms with Crippen LogP contribution in [0.1, 0.15) is 29.8 Å². The van der Waals surface area contributed by atoms with E-state index in [2.05, 4.69) is 4.74 Å². The van der Waals surface area contributed by atoms with E-state index in [0.29, 0.717) is 10.6 Å². The lowest BCUT2D eigenvalue weighted by atomic mass is 10.1. The molecular weight excluding hydrogens is 200 g/mol. The number of esters is 1. The van der Waals surface area contributed by atoms with Gasteiger partial charge in [-0.3, -0.25) is 0 Å². The van der Waals surface area contributed by atoms with E-state index in [9.17, 15) is 4.79 Å². The molecule has 2 nitrogen and oxygen atoms in total. The maximum atomic E-state index is 11.1.